The molecule has 5 nitrogen and oxygen atoms in total. The minimum absolute atomic E-state index is 0.230. The van der Waals surface area contributed by atoms with Crippen LogP contribution < -0.4 is 5.73 Å². The van der Waals surface area contributed by atoms with Crippen LogP contribution in [0, 0.1) is 13.8 Å². The molecule has 2 aromatic carbocycles. The van der Waals surface area contributed by atoms with E-state index < -0.39 is 11.9 Å². The SMILES string of the molecule is Cc1ccc(C(=O)O)cc1Br.Cc1ccc(C(=O)O)cc1N. The Balaban J connectivity index is 0.000000220. The smallest absolute Gasteiger partial charge is 0.335 e. The highest BCUT2D eigenvalue weighted by Crippen LogP contribution is 2.17. The third-order valence-electron chi connectivity index (χ3n) is 2.94. The number of carbonyl (C=O) groups is 2. The average Bonchev–Trinajstić information content (AvgIpc) is 2.45. The van der Waals surface area contributed by atoms with E-state index in [9.17, 15) is 9.59 Å². The van der Waals surface area contributed by atoms with E-state index in [1.165, 1.54) is 12.1 Å². The zero-order valence-corrected chi connectivity index (χ0v) is 13.7. The van der Waals surface area contributed by atoms with Gasteiger partial charge in [-0.1, -0.05) is 28.1 Å². The van der Waals surface area contributed by atoms with Crippen molar-refractivity contribution in [2.45, 2.75) is 13.8 Å². The maximum atomic E-state index is 10.4. The van der Waals surface area contributed by atoms with Gasteiger partial charge in [-0.15, -0.1) is 0 Å². The fourth-order valence-corrected chi connectivity index (χ4v) is 1.88. The van der Waals surface area contributed by atoms with Crippen LogP contribution in [0.25, 0.3) is 0 Å². The summed E-state index contributed by atoms with van der Waals surface area (Å²) in [6.45, 7) is 3.75. The van der Waals surface area contributed by atoms with Crippen LogP contribution in [-0.2, 0) is 0 Å². The lowest BCUT2D eigenvalue weighted by Gasteiger charge is -1.99. The van der Waals surface area contributed by atoms with Gasteiger partial charge in [0.1, 0.15) is 0 Å². The van der Waals surface area contributed by atoms with Gasteiger partial charge in [0.25, 0.3) is 0 Å². The molecule has 0 saturated heterocycles. The summed E-state index contributed by atoms with van der Waals surface area (Å²) in [4.78, 5) is 20.9. The lowest BCUT2D eigenvalue weighted by atomic mass is 10.1. The maximum Gasteiger partial charge on any atom is 0.335 e. The third-order valence-corrected chi connectivity index (χ3v) is 3.80. The number of benzene rings is 2. The van der Waals surface area contributed by atoms with Crippen molar-refractivity contribution < 1.29 is 19.8 Å². The number of hydrogen-bond donors (Lipinski definition) is 3. The van der Waals surface area contributed by atoms with Crippen LogP contribution in [0.4, 0.5) is 5.69 Å². The summed E-state index contributed by atoms with van der Waals surface area (Å²) in [6, 6.07) is 9.64. The first-order valence-electron chi connectivity index (χ1n) is 6.31. The van der Waals surface area contributed by atoms with Gasteiger partial charge in [0.15, 0.2) is 0 Å². The largest absolute Gasteiger partial charge is 0.478 e. The Labute approximate surface area is 136 Å². The molecule has 2 rings (SSSR count). The number of carboxylic acid groups (broad SMARTS) is 2. The molecule has 0 aliphatic rings. The van der Waals surface area contributed by atoms with Crippen LogP contribution in [0.3, 0.4) is 0 Å². The van der Waals surface area contributed by atoms with Crippen molar-refractivity contribution >= 4 is 33.6 Å². The predicted molar refractivity (Wildman–Crippen MR) is 88.4 cm³/mol. The molecule has 0 fully saturated rings. The minimum Gasteiger partial charge on any atom is -0.478 e. The molecular weight excluding hydrogens is 350 g/mol. The summed E-state index contributed by atoms with van der Waals surface area (Å²) in [5.41, 5.74) is 8.49. The van der Waals surface area contributed by atoms with Crippen LogP contribution in [-0.4, -0.2) is 22.2 Å². The van der Waals surface area contributed by atoms with Gasteiger partial charge in [-0.3, -0.25) is 0 Å². The van der Waals surface area contributed by atoms with Crippen LogP contribution >= 0.6 is 15.9 Å². The van der Waals surface area contributed by atoms with Crippen molar-refractivity contribution in [3.05, 3.63) is 63.1 Å². The molecular formula is C16H16BrNO4. The van der Waals surface area contributed by atoms with E-state index in [4.69, 9.17) is 15.9 Å². The first-order valence-corrected chi connectivity index (χ1v) is 7.10. The van der Waals surface area contributed by atoms with Crippen molar-refractivity contribution in [3.8, 4) is 0 Å². The first-order chi connectivity index (χ1) is 10.2. The van der Waals surface area contributed by atoms with Gasteiger partial charge < -0.3 is 15.9 Å². The highest BCUT2D eigenvalue weighted by atomic mass is 79.9. The second-order valence-electron chi connectivity index (χ2n) is 4.65. The second kappa shape index (κ2) is 7.61. The Morgan fingerprint density at radius 1 is 0.909 bits per heavy atom. The molecule has 6 heteroatoms. The van der Waals surface area contributed by atoms with Gasteiger partial charge in [-0.25, -0.2) is 9.59 Å². The molecule has 0 radical (unpaired) electrons. The van der Waals surface area contributed by atoms with E-state index in [0.717, 1.165) is 15.6 Å². The van der Waals surface area contributed by atoms with E-state index >= 15 is 0 Å². The second-order valence-corrected chi connectivity index (χ2v) is 5.50. The molecule has 0 spiro atoms. The number of hydrogen-bond acceptors (Lipinski definition) is 3. The molecule has 0 bridgehead atoms. The summed E-state index contributed by atoms with van der Waals surface area (Å²) in [7, 11) is 0. The van der Waals surface area contributed by atoms with Gasteiger partial charge in [-0.05, 0) is 49.2 Å². The summed E-state index contributed by atoms with van der Waals surface area (Å²) >= 11 is 3.25. The number of nitrogens with two attached hydrogens (primary N) is 1. The van der Waals surface area contributed by atoms with Gasteiger partial charge >= 0.3 is 11.9 Å². The number of carboxylic acids is 2. The van der Waals surface area contributed by atoms with E-state index in [-0.39, 0.29) is 5.56 Å². The maximum absolute atomic E-state index is 10.4. The normalized spacial score (nSPS) is 9.59. The van der Waals surface area contributed by atoms with Gasteiger partial charge in [0.05, 0.1) is 11.1 Å². The van der Waals surface area contributed by atoms with E-state index in [1.807, 2.05) is 13.8 Å². The van der Waals surface area contributed by atoms with Crippen molar-refractivity contribution in [3.63, 3.8) is 0 Å². The quantitative estimate of drug-likeness (QED) is 0.703. The molecule has 0 unspecified atom stereocenters. The van der Waals surface area contributed by atoms with Crippen LogP contribution in [0.2, 0.25) is 0 Å². The molecule has 116 valence electrons. The minimum atomic E-state index is -0.947. The van der Waals surface area contributed by atoms with E-state index in [0.29, 0.717) is 11.3 Å². The van der Waals surface area contributed by atoms with Crippen molar-refractivity contribution in [2.75, 3.05) is 5.73 Å². The molecule has 0 aromatic heterocycles. The van der Waals surface area contributed by atoms with Gasteiger partial charge in [0, 0.05) is 10.2 Å². The highest BCUT2D eigenvalue weighted by Gasteiger charge is 2.03. The Kier molecular flexibility index (Phi) is 6.12. The third kappa shape index (κ3) is 4.89. The standard InChI is InChI=1S/C8H7BrO2.C8H9NO2/c2*1-5-2-3-6(8(10)11)4-7(5)9/h2-4H,1H3,(H,10,11);2-4H,9H2,1H3,(H,10,11). The number of halogens is 1. The van der Waals surface area contributed by atoms with Crippen LogP contribution in [0.15, 0.2) is 40.9 Å². The van der Waals surface area contributed by atoms with Crippen molar-refractivity contribution in [1.29, 1.82) is 0 Å². The summed E-state index contributed by atoms with van der Waals surface area (Å²) < 4.78 is 0.831. The number of aromatic carboxylic acids is 2. The summed E-state index contributed by atoms with van der Waals surface area (Å²) in [5, 5.41) is 17.1. The van der Waals surface area contributed by atoms with Gasteiger partial charge in [-0.2, -0.15) is 0 Å². The molecule has 0 amide bonds. The highest BCUT2D eigenvalue weighted by molar-refractivity contribution is 9.10. The number of aryl methyl sites for hydroxylation is 2. The number of nitrogen functional groups attached to an aromatic ring is 1. The fourth-order valence-electron chi connectivity index (χ4n) is 1.50. The number of anilines is 1. The fraction of sp³-hybridized carbons (Fsp3) is 0.125. The monoisotopic (exact) mass is 365 g/mol. The lowest BCUT2D eigenvalue weighted by Crippen LogP contribution is -1.98. The zero-order chi connectivity index (χ0) is 16.9. The Hall–Kier alpha value is -2.34. The Morgan fingerprint density at radius 3 is 1.77 bits per heavy atom. The topological polar surface area (TPSA) is 101 Å². The molecule has 0 heterocycles. The van der Waals surface area contributed by atoms with Gasteiger partial charge in [0.2, 0.25) is 0 Å². The first kappa shape index (κ1) is 17.7. The Bertz CT molecular complexity index is 652. The lowest BCUT2D eigenvalue weighted by molar-refractivity contribution is 0.0686. The summed E-state index contributed by atoms with van der Waals surface area (Å²) in [6.07, 6.45) is 0. The predicted octanol–water partition coefficient (Wildman–Crippen LogP) is 3.73. The summed E-state index contributed by atoms with van der Waals surface area (Å²) in [5.74, 6) is -1.84. The average molecular weight is 366 g/mol. The van der Waals surface area contributed by atoms with Crippen molar-refractivity contribution in [1.82, 2.24) is 0 Å². The molecule has 4 N–H and O–H groups in total. The molecule has 0 saturated carbocycles. The van der Waals surface area contributed by atoms with E-state index in [2.05, 4.69) is 15.9 Å². The molecule has 0 aliphatic carbocycles. The van der Waals surface area contributed by atoms with Crippen LogP contribution in [0.5, 0.6) is 0 Å². The molecule has 22 heavy (non-hydrogen) atoms. The van der Waals surface area contributed by atoms with Crippen LogP contribution in [0.1, 0.15) is 31.8 Å². The van der Waals surface area contributed by atoms with E-state index in [1.54, 1.807) is 24.3 Å². The Morgan fingerprint density at radius 2 is 1.36 bits per heavy atom. The zero-order valence-electron chi connectivity index (χ0n) is 12.1. The molecule has 0 aliphatic heterocycles. The van der Waals surface area contributed by atoms with Crippen molar-refractivity contribution in [2.24, 2.45) is 0 Å². The number of rotatable bonds is 2. The molecule has 0 atom stereocenters. The molecule has 2 aromatic rings.